The Morgan fingerprint density at radius 3 is 2.61 bits per heavy atom. The highest BCUT2D eigenvalue weighted by Gasteiger charge is 2.22. The Bertz CT molecular complexity index is 867. The Kier molecular flexibility index (Phi) is 4.58. The van der Waals surface area contributed by atoms with Gasteiger partial charge in [0.25, 0.3) is 11.5 Å². The SMILES string of the molecule is CC(C)CC(NC(=O)c1cnc2[nH]c(=O)[nH]c(=O)c2c1)C(=O)O. The van der Waals surface area contributed by atoms with Gasteiger partial charge in [0, 0.05) is 6.20 Å². The van der Waals surface area contributed by atoms with Gasteiger partial charge in [-0.25, -0.2) is 14.6 Å². The highest BCUT2D eigenvalue weighted by atomic mass is 16.4. The summed E-state index contributed by atoms with van der Waals surface area (Å²) in [5.74, 6) is -1.71. The van der Waals surface area contributed by atoms with Crippen molar-refractivity contribution < 1.29 is 14.7 Å². The standard InChI is InChI=1S/C14H16N4O5/c1-6(2)3-9(13(21)22)16-11(19)7-4-8-10(15-5-7)17-14(23)18-12(8)20/h4-6,9H,3H2,1-2H3,(H,16,19)(H,21,22)(H2,15,17,18,20,23). The molecule has 122 valence electrons. The number of aromatic nitrogens is 3. The highest BCUT2D eigenvalue weighted by Crippen LogP contribution is 2.09. The third-order valence-electron chi connectivity index (χ3n) is 3.16. The number of carboxylic acid groups (broad SMARTS) is 1. The number of nitrogens with one attached hydrogen (secondary N) is 3. The molecule has 23 heavy (non-hydrogen) atoms. The molecule has 9 nitrogen and oxygen atoms in total. The number of hydrogen-bond donors (Lipinski definition) is 4. The number of nitrogens with zero attached hydrogens (tertiary/aromatic N) is 1. The molecule has 0 aromatic carbocycles. The van der Waals surface area contributed by atoms with Gasteiger partial charge in [-0.2, -0.15) is 0 Å². The van der Waals surface area contributed by atoms with Crippen molar-refractivity contribution in [1.82, 2.24) is 20.3 Å². The fourth-order valence-corrected chi connectivity index (χ4v) is 2.11. The molecule has 1 amide bonds. The van der Waals surface area contributed by atoms with E-state index in [2.05, 4.69) is 15.3 Å². The van der Waals surface area contributed by atoms with Gasteiger partial charge < -0.3 is 10.4 Å². The van der Waals surface area contributed by atoms with Crippen molar-refractivity contribution in [3.05, 3.63) is 38.7 Å². The van der Waals surface area contributed by atoms with Crippen LogP contribution in [0.5, 0.6) is 0 Å². The van der Waals surface area contributed by atoms with Crippen LogP contribution in [0.25, 0.3) is 11.0 Å². The summed E-state index contributed by atoms with van der Waals surface area (Å²) in [6, 6.07) is 0.216. The van der Waals surface area contributed by atoms with E-state index in [0.29, 0.717) is 0 Å². The maximum atomic E-state index is 12.2. The Labute approximate surface area is 129 Å². The molecule has 2 heterocycles. The molecule has 0 aliphatic rings. The predicted molar refractivity (Wildman–Crippen MR) is 81.3 cm³/mol. The van der Waals surface area contributed by atoms with E-state index in [0.717, 1.165) is 0 Å². The molecule has 1 unspecified atom stereocenters. The highest BCUT2D eigenvalue weighted by molar-refractivity contribution is 5.98. The molecule has 0 aliphatic heterocycles. The van der Waals surface area contributed by atoms with Gasteiger partial charge in [-0.05, 0) is 18.4 Å². The van der Waals surface area contributed by atoms with Gasteiger partial charge in [-0.3, -0.25) is 19.6 Å². The van der Waals surface area contributed by atoms with Gasteiger partial charge in [0.05, 0.1) is 10.9 Å². The number of amides is 1. The van der Waals surface area contributed by atoms with Crippen LogP contribution in [-0.2, 0) is 4.79 Å². The minimum absolute atomic E-state index is 0.0325. The molecule has 0 saturated heterocycles. The topological polar surface area (TPSA) is 145 Å². The molecule has 9 heteroatoms. The maximum Gasteiger partial charge on any atom is 0.327 e. The largest absolute Gasteiger partial charge is 0.480 e. The van der Waals surface area contributed by atoms with Crippen molar-refractivity contribution >= 4 is 22.9 Å². The van der Waals surface area contributed by atoms with Gasteiger partial charge in [0.15, 0.2) is 0 Å². The average molecular weight is 320 g/mol. The monoisotopic (exact) mass is 320 g/mol. The number of hydrogen-bond acceptors (Lipinski definition) is 5. The summed E-state index contributed by atoms with van der Waals surface area (Å²) in [5, 5.41) is 11.6. The van der Waals surface area contributed by atoms with Crippen LogP contribution in [0.3, 0.4) is 0 Å². The Balaban J connectivity index is 2.32. The number of carbonyl (C=O) groups is 2. The number of rotatable bonds is 5. The van der Waals surface area contributed by atoms with Crippen LogP contribution < -0.4 is 16.6 Å². The quantitative estimate of drug-likeness (QED) is 0.602. The van der Waals surface area contributed by atoms with Crippen molar-refractivity contribution in [2.75, 3.05) is 0 Å². The van der Waals surface area contributed by atoms with Crippen molar-refractivity contribution in [2.45, 2.75) is 26.3 Å². The number of carbonyl (C=O) groups excluding carboxylic acids is 1. The van der Waals surface area contributed by atoms with Crippen LogP contribution in [0.4, 0.5) is 0 Å². The van der Waals surface area contributed by atoms with Gasteiger partial charge in [-0.15, -0.1) is 0 Å². The van der Waals surface area contributed by atoms with Gasteiger partial charge in [-0.1, -0.05) is 13.8 Å². The summed E-state index contributed by atoms with van der Waals surface area (Å²) in [7, 11) is 0. The Morgan fingerprint density at radius 2 is 2.00 bits per heavy atom. The summed E-state index contributed by atoms with van der Waals surface area (Å²) < 4.78 is 0. The van der Waals surface area contributed by atoms with Gasteiger partial charge in [0.2, 0.25) is 0 Å². The Hall–Kier alpha value is -2.97. The lowest BCUT2D eigenvalue weighted by Crippen LogP contribution is -2.41. The number of H-pyrrole nitrogens is 2. The minimum atomic E-state index is -1.14. The second-order valence-electron chi connectivity index (χ2n) is 5.52. The lowest BCUT2D eigenvalue weighted by Gasteiger charge is -2.16. The first-order valence-electron chi connectivity index (χ1n) is 6.94. The average Bonchev–Trinajstić information content (AvgIpc) is 2.45. The molecule has 2 rings (SSSR count). The van der Waals surface area contributed by atoms with Crippen molar-refractivity contribution in [2.24, 2.45) is 5.92 Å². The summed E-state index contributed by atoms with van der Waals surface area (Å²) >= 11 is 0. The van der Waals surface area contributed by atoms with Gasteiger partial charge in [0.1, 0.15) is 11.7 Å². The zero-order valence-electron chi connectivity index (χ0n) is 12.5. The van der Waals surface area contributed by atoms with Crippen LogP contribution >= 0.6 is 0 Å². The molecule has 0 radical (unpaired) electrons. The van der Waals surface area contributed by atoms with Crippen LogP contribution in [0.2, 0.25) is 0 Å². The normalized spacial score (nSPS) is 12.3. The second-order valence-corrected chi connectivity index (χ2v) is 5.52. The summed E-state index contributed by atoms with van der Waals surface area (Å²) in [5.41, 5.74) is -1.30. The molecule has 0 aliphatic carbocycles. The van der Waals surface area contributed by atoms with E-state index in [1.165, 1.54) is 12.3 Å². The predicted octanol–water partition coefficient (Wildman–Crippen LogP) is -0.159. The van der Waals surface area contributed by atoms with E-state index in [1.807, 2.05) is 18.8 Å². The van der Waals surface area contributed by atoms with Gasteiger partial charge >= 0.3 is 11.7 Å². The first-order chi connectivity index (χ1) is 10.8. The molecular formula is C14H16N4O5. The summed E-state index contributed by atoms with van der Waals surface area (Å²) in [6.45, 7) is 3.69. The molecule has 4 N–H and O–H groups in total. The molecule has 0 spiro atoms. The lowest BCUT2D eigenvalue weighted by atomic mass is 10.0. The third kappa shape index (κ3) is 3.82. The van der Waals surface area contributed by atoms with Crippen LogP contribution in [0.1, 0.15) is 30.6 Å². The molecule has 1 atom stereocenters. The number of aliphatic carboxylic acids is 1. The van der Waals surface area contributed by atoms with E-state index in [9.17, 15) is 19.2 Å². The Morgan fingerprint density at radius 1 is 1.30 bits per heavy atom. The first kappa shape index (κ1) is 16.4. The van der Waals surface area contributed by atoms with Crippen molar-refractivity contribution in [3.8, 4) is 0 Å². The van der Waals surface area contributed by atoms with E-state index >= 15 is 0 Å². The minimum Gasteiger partial charge on any atom is -0.480 e. The lowest BCUT2D eigenvalue weighted by molar-refractivity contribution is -0.139. The molecule has 0 saturated carbocycles. The van der Waals surface area contributed by atoms with E-state index in [4.69, 9.17) is 5.11 Å². The van der Waals surface area contributed by atoms with Crippen LogP contribution in [0.15, 0.2) is 21.9 Å². The number of aromatic amines is 2. The van der Waals surface area contributed by atoms with E-state index in [1.54, 1.807) is 0 Å². The first-order valence-corrected chi connectivity index (χ1v) is 6.94. The fourth-order valence-electron chi connectivity index (χ4n) is 2.11. The zero-order valence-corrected chi connectivity index (χ0v) is 12.5. The number of carboxylic acids is 1. The van der Waals surface area contributed by atoms with Crippen molar-refractivity contribution in [3.63, 3.8) is 0 Å². The second kappa shape index (κ2) is 6.42. The molecular weight excluding hydrogens is 304 g/mol. The molecule has 2 aromatic heterocycles. The van der Waals surface area contributed by atoms with Crippen LogP contribution in [0, 0.1) is 5.92 Å². The molecule has 2 aromatic rings. The molecule has 0 bridgehead atoms. The zero-order chi connectivity index (χ0) is 17.1. The third-order valence-corrected chi connectivity index (χ3v) is 3.16. The maximum absolute atomic E-state index is 12.2. The molecule has 0 fully saturated rings. The number of fused-ring (bicyclic) bond motifs is 1. The van der Waals surface area contributed by atoms with Crippen LogP contribution in [-0.4, -0.2) is 38.0 Å². The smallest absolute Gasteiger partial charge is 0.327 e. The fraction of sp³-hybridized carbons (Fsp3) is 0.357. The van der Waals surface area contributed by atoms with Crippen molar-refractivity contribution in [1.29, 1.82) is 0 Å². The summed E-state index contributed by atoms with van der Waals surface area (Å²) in [4.78, 5) is 54.4. The summed E-state index contributed by atoms with van der Waals surface area (Å²) in [6.07, 6.45) is 1.44. The van der Waals surface area contributed by atoms with E-state index < -0.39 is 29.2 Å². The number of pyridine rings is 1. The van der Waals surface area contributed by atoms with E-state index in [-0.39, 0.29) is 28.9 Å².